The van der Waals surface area contributed by atoms with E-state index in [1.165, 1.54) is 6.08 Å². The Kier molecular flexibility index (Phi) is 3.49. The first-order valence-corrected chi connectivity index (χ1v) is 5.29. The average Bonchev–Trinajstić information content (AvgIpc) is 2.32. The van der Waals surface area contributed by atoms with E-state index in [4.69, 9.17) is 9.47 Å². The van der Waals surface area contributed by atoms with Crippen LogP contribution in [-0.2, 0) is 20.9 Å². The normalized spacial score (nSPS) is 24.7. The van der Waals surface area contributed by atoms with Crippen LogP contribution in [-0.4, -0.2) is 18.2 Å². The first kappa shape index (κ1) is 11.0. The van der Waals surface area contributed by atoms with Crippen LogP contribution in [0.25, 0.3) is 0 Å². The Balaban J connectivity index is 1.88. The number of carbonyl (C=O) groups is 1. The molecule has 0 fully saturated rings. The number of ketones is 1. The summed E-state index contributed by atoms with van der Waals surface area (Å²) in [5, 5.41) is 0. The number of hydrogen-bond acceptors (Lipinski definition) is 3. The quantitative estimate of drug-likeness (QED) is 0.779. The molecule has 0 saturated heterocycles. The third-order valence-electron chi connectivity index (χ3n) is 2.41. The number of benzene rings is 1. The molecule has 1 aliphatic heterocycles. The number of hydrogen-bond donors (Lipinski definition) is 0. The Labute approximate surface area is 94.7 Å². The fraction of sp³-hybridized carbons (Fsp3) is 0.308. The van der Waals surface area contributed by atoms with E-state index in [1.54, 1.807) is 13.0 Å². The highest BCUT2D eigenvalue weighted by atomic mass is 16.7. The zero-order valence-electron chi connectivity index (χ0n) is 9.13. The zero-order chi connectivity index (χ0) is 11.4. The Morgan fingerprint density at radius 3 is 2.75 bits per heavy atom. The van der Waals surface area contributed by atoms with Gasteiger partial charge in [0.25, 0.3) is 0 Å². The highest BCUT2D eigenvalue weighted by Crippen LogP contribution is 2.12. The minimum Gasteiger partial charge on any atom is -0.344 e. The van der Waals surface area contributed by atoms with Crippen molar-refractivity contribution in [3.63, 3.8) is 0 Å². The van der Waals surface area contributed by atoms with Gasteiger partial charge in [0.2, 0.25) is 0 Å². The van der Waals surface area contributed by atoms with E-state index < -0.39 is 12.4 Å². The van der Waals surface area contributed by atoms with Gasteiger partial charge in [-0.3, -0.25) is 4.79 Å². The number of rotatable bonds is 3. The van der Waals surface area contributed by atoms with Gasteiger partial charge in [0.15, 0.2) is 12.1 Å². The maximum atomic E-state index is 11.1. The van der Waals surface area contributed by atoms with Crippen LogP contribution in [0.5, 0.6) is 0 Å². The highest BCUT2D eigenvalue weighted by molar-refractivity contribution is 5.93. The molecule has 84 valence electrons. The predicted octanol–water partition coefficient (Wildman–Crippen LogP) is 2.07. The summed E-state index contributed by atoms with van der Waals surface area (Å²) in [6, 6.07) is 9.86. The SMILES string of the molecule is C[C@H]1O[C@H](OCc2ccccc2)C=CC1=O. The Morgan fingerprint density at radius 2 is 2.06 bits per heavy atom. The van der Waals surface area contributed by atoms with E-state index in [9.17, 15) is 4.79 Å². The lowest BCUT2D eigenvalue weighted by molar-refractivity contribution is -0.163. The summed E-state index contributed by atoms with van der Waals surface area (Å²) >= 11 is 0. The fourth-order valence-electron chi connectivity index (χ4n) is 1.47. The molecule has 2 atom stereocenters. The number of ether oxygens (including phenoxy) is 2. The molecular weight excluding hydrogens is 204 g/mol. The maximum absolute atomic E-state index is 11.1. The summed E-state index contributed by atoms with van der Waals surface area (Å²) < 4.78 is 10.9. The van der Waals surface area contributed by atoms with Crippen LogP contribution in [0.15, 0.2) is 42.5 Å². The van der Waals surface area contributed by atoms with Crippen molar-refractivity contribution in [1.29, 1.82) is 0 Å². The van der Waals surface area contributed by atoms with Gasteiger partial charge in [-0.1, -0.05) is 30.3 Å². The second kappa shape index (κ2) is 5.05. The van der Waals surface area contributed by atoms with Crippen molar-refractivity contribution in [2.45, 2.75) is 25.9 Å². The van der Waals surface area contributed by atoms with Crippen molar-refractivity contribution < 1.29 is 14.3 Å². The first-order valence-electron chi connectivity index (χ1n) is 5.29. The van der Waals surface area contributed by atoms with Crippen molar-refractivity contribution in [2.75, 3.05) is 0 Å². The van der Waals surface area contributed by atoms with Gasteiger partial charge < -0.3 is 9.47 Å². The predicted molar refractivity (Wildman–Crippen MR) is 59.7 cm³/mol. The van der Waals surface area contributed by atoms with Crippen LogP contribution < -0.4 is 0 Å². The van der Waals surface area contributed by atoms with Crippen molar-refractivity contribution in [1.82, 2.24) is 0 Å². The van der Waals surface area contributed by atoms with Crippen molar-refractivity contribution in [2.24, 2.45) is 0 Å². The third kappa shape index (κ3) is 2.78. The summed E-state index contributed by atoms with van der Waals surface area (Å²) in [6.45, 7) is 2.21. The third-order valence-corrected chi connectivity index (χ3v) is 2.41. The first-order chi connectivity index (χ1) is 7.75. The van der Waals surface area contributed by atoms with E-state index in [0.717, 1.165) is 5.56 Å². The van der Waals surface area contributed by atoms with Gasteiger partial charge in [-0.25, -0.2) is 0 Å². The van der Waals surface area contributed by atoms with Gasteiger partial charge in [0.05, 0.1) is 6.61 Å². The maximum Gasteiger partial charge on any atom is 0.184 e. The molecule has 3 nitrogen and oxygen atoms in total. The molecule has 0 N–H and O–H groups in total. The van der Waals surface area contributed by atoms with Gasteiger partial charge in [-0.2, -0.15) is 0 Å². The molecule has 0 amide bonds. The molecule has 1 aromatic carbocycles. The smallest absolute Gasteiger partial charge is 0.184 e. The fourth-order valence-corrected chi connectivity index (χ4v) is 1.47. The second-order valence-corrected chi connectivity index (χ2v) is 3.70. The van der Waals surface area contributed by atoms with Crippen molar-refractivity contribution in [3.05, 3.63) is 48.0 Å². The standard InChI is InChI=1S/C13H14O3/c1-10-12(14)7-8-13(16-10)15-9-11-5-3-2-4-6-11/h2-8,10,13H,9H2,1H3/t10-,13+/m1/s1. The minimum atomic E-state index is -0.423. The minimum absolute atomic E-state index is 0.0143. The number of carbonyl (C=O) groups excluding carboxylic acids is 1. The van der Waals surface area contributed by atoms with Crippen LogP contribution in [0, 0.1) is 0 Å². The van der Waals surface area contributed by atoms with Crippen LogP contribution in [0.4, 0.5) is 0 Å². The van der Waals surface area contributed by atoms with Crippen molar-refractivity contribution in [3.8, 4) is 0 Å². The second-order valence-electron chi connectivity index (χ2n) is 3.70. The van der Waals surface area contributed by atoms with E-state index in [2.05, 4.69) is 0 Å². The summed E-state index contributed by atoms with van der Waals surface area (Å²) in [4.78, 5) is 11.1. The molecule has 16 heavy (non-hydrogen) atoms. The van der Waals surface area contributed by atoms with Crippen LogP contribution in [0.3, 0.4) is 0 Å². The van der Waals surface area contributed by atoms with Gasteiger partial charge in [-0.05, 0) is 24.6 Å². The Hall–Kier alpha value is -1.45. The Morgan fingerprint density at radius 1 is 1.31 bits per heavy atom. The molecule has 0 spiro atoms. The average molecular weight is 218 g/mol. The molecule has 2 rings (SSSR count). The summed E-state index contributed by atoms with van der Waals surface area (Å²) in [7, 11) is 0. The highest BCUT2D eigenvalue weighted by Gasteiger charge is 2.20. The molecule has 3 heteroatoms. The topological polar surface area (TPSA) is 35.5 Å². The lowest BCUT2D eigenvalue weighted by Crippen LogP contribution is -2.30. The Bertz CT molecular complexity index is 383. The zero-order valence-corrected chi connectivity index (χ0v) is 9.13. The molecule has 0 aromatic heterocycles. The van der Waals surface area contributed by atoms with Crippen LogP contribution in [0.1, 0.15) is 12.5 Å². The van der Waals surface area contributed by atoms with E-state index >= 15 is 0 Å². The summed E-state index contributed by atoms with van der Waals surface area (Å²) in [6.07, 6.45) is 2.33. The van der Waals surface area contributed by atoms with Gasteiger partial charge >= 0.3 is 0 Å². The van der Waals surface area contributed by atoms with Crippen LogP contribution >= 0.6 is 0 Å². The molecule has 1 aromatic rings. The van der Waals surface area contributed by atoms with Crippen LogP contribution in [0.2, 0.25) is 0 Å². The molecule has 0 bridgehead atoms. The molecule has 0 radical (unpaired) electrons. The molecule has 0 unspecified atom stereocenters. The van der Waals surface area contributed by atoms with Gasteiger partial charge in [0, 0.05) is 0 Å². The van der Waals surface area contributed by atoms with Gasteiger partial charge in [0.1, 0.15) is 6.10 Å². The lowest BCUT2D eigenvalue weighted by atomic mass is 10.2. The monoisotopic (exact) mass is 218 g/mol. The van der Waals surface area contributed by atoms with E-state index in [-0.39, 0.29) is 5.78 Å². The van der Waals surface area contributed by atoms with Crippen molar-refractivity contribution >= 4 is 5.78 Å². The van der Waals surface area contributed by atoms with Gasteiger partial charge in [-0.15, -0.1) is 0 Å². The molecule has 0 saturated carbocycles. The van der Waals surface area contributed by atoms with E-state index in [0.29, 0.717) is 6.61 Å². The summed E-state index contributed by atoms with van der Waals surface area (Å²) in [5.41, 5.74) is 1.09. The molecule has 1 heterocycles. The largest absolute Gasteiger partial charge is 0.344 e. The molecular formula is C13H14O3. The van der Waals surface area contributed by atoms with E-state index in [1.807, 2.05) is 30.3 Å². The summed E-state index contributed by atoms with van der Waals surface area (Å²) in [5.74, 6) is -0.0143. The molecule has 1 aliphatic rings. The molecule has 0 aliphatic carbocycles. The lowest BCUT2D eigenvalue weighted by Gasteiger charge is -2.22.